The van der Waals surface area contributed by atoms with Crippen molar-refractivity contribution in [1.29, 1.82) is 0 Å². The molecule has 138 valence electrons. The summed E-state index contributed by atoms with van der Waals surface area (Å²) < 4.78 is 5.38. The first kappa shape index (κ1) is 18.2. The number of amides is 1. The van der Waals surface area contributed by atoms with E-state index in [1.54, 1.807) is 7.11 Å². The van der Waals surface area contributed by atoms with Gasteiger partial charge in [-0.3, -0.25) is 9.69 Å². The van der Waals surface area contributed by atoms with Gasteiger partial charge in [0.2, 0.25) is 5.91 Å². The lowest BCUT2D eigenvalue weighted by Gasteiger charge is -2.37. The molecule has 1 aromatic carbocycles. The predicted molar refractivity (Wildman–Crippen MR) is 101 cm³/mol. The summed E-state index contributed by atoms with van der Waals surface area (Å²) in [6.07, 6.45) is 8.37. The molecular weight excluding hydrogens is 312 g/mol. The molecule has 1 aliphatic carbocycles. The van der Waals surface area contributed by atoms with Crippen LogP contribution in [0.2, 0.25) is 0 Å². The third-order valence-electron chi connectivity index (χ3n) is 5.77. The maximum absolute atomic E-state index is 12.5. The molecule has 0 spiro atoms. The van der Waals surface area contributed by atoms with Crippen LogP contribution in [0.25, 0.3) is 0 Å². The normalized spacial score (nSPS) is 19.8. The molecule has 0 bridgehead atoms. The Morgan fingerprint density at radius 3 is 2.52 bits per heavy atom. The van der Waals surface area contributed by atoms with E-state index in [9.17, 15) is 4.79 Å². The molecule has 1 saturated heterocycles. The molecule has 1 aliphatic heterocycles. The Bertz CT molecular complexity index is 547. The number of hydrogen-bond donors (Lipinski definition) is 0. The van der Waals surface area contributed by atoms with Crippen LogP contribution in [0.15, 0.2) is 24.3 Å². The largest absolute Gasteiger partial charge is 0.496 e. The van der Waals surface area contributed by atoms with Gasteiger partial charge in [0.05, 0.1) is 7.11 Å². The second kappa shape index (κ2) is 9.23. The van der Waals surface area contributed by atoms with Crippen molar-refractivity contribution < 1.29 is 9.53 Å². The number of para-hydroxylation sites is 1. The fourth-order valence-electron chi connectivity index (χ4n) is 4.22. The van der Waals surface area contributed by atoms with Gasteiger partial charge in [0.25, 0.3) is 0 Å². The first-order chi connectivity index (χ1) is 12.3. The van der Waals surface area contributed by atoms with E-state index < -0.39 is 0 Å². The van der Waals surface area contributed by atoms with Crippen LogP contribution in [0.4, 0.5) is 0 Å². The molecule has 3 rings (SSSR count). The minimum absolute atomic E-state index is 0.281. The zero-order valence-electron chi connectivity index (χ0n) is 15.6. The predicted octanol–water partition coefficient (Wildman–Crippen LogP) is 3.35. The first-order valence-electron chi connectivity index (χ1n) is 9.88. The highest BCUT2D eigenvalue weighted by Crippen LogP contribution is 2.25. The molecule has 0 radical (unpaired) electrons. The third kappa shape index (κ3) is 5.21. The SMILES string of the molecule is COc1ccccc1CCC(=O)N1CCN(CC2CCCCC2)CC1. The van der Waals surface area contributed by atoms with Crippen molar-refractivity contribution in [3.05, 3.63) is 29.8 Å². The summed E-state index contributed by atoms with van der Waals surface area (Å²) in [7, 11) is 1.69. The molecule has 1 amide bonds. The van der Waals surface area contributed by atoms with E-state index in [0.29, 0.717) is 6.42 Å². The van der Waals surface area contributed by atoms with Crippen molar-refractivity contribution in [2.24, 2.45) is 5.92 Å². The molecule has 0 aromatic heterocycles. The lowest BCUT2D eigenvalue weighted by atomic mass is 9.89. The standard InChI is InChI=1S/C21H32N2O2/c1-25-20-10-6-5-9-19(20)11-12-21(24)23-15-13-22(14-16-23)17-18-7-3-2-4-8-18/h5-6,9-10,18H,2-4,7-8,11-17H2,1H3. The van der Waals surface area contributed by atoms with Crippen molar-refractivity contribution >= 4 is 5.91 Å². The molecule has 4 heteroatoms. The van der Waals surface area contributed by atoms with E-state index in [1.165, 1.54) is 38.6 Å². The van der Waals surface area contributed by atoms with Crippen LogP contribution in [0, 0.1) is 5.92 Å². The van der Waals surface area contributed by atoms with Crippen LogP contribution in [-0.4, -0.2) is 55.5 Å². The van der Waals surface area contributed by atoms with Crippen molar-refractivity contribution in [1.82, 2.24) is 9.80 Å². The van der Waals surface area contributed by atoms with Crippen LogP contribution in [-0.2, 0) is 11.2 Å². The molecule has 0 atom stereocenters. The number of rotatable bonds is 6. The van der Waals surface area contributed by atoms with Gasteiger partial charge in [-0.15, -0.1) is 0 Å². The molecular formula is C21H32N2O2. The Labute approximate surface area is 152 Å². The van der Waals surface area contributed by atoms with E-state index >= 15 is 0 Å². The van der Waals surface area contributed by atoms with Crippen LogP contribution >= 0.6 is 0 Å². The monoisotopic (exact) mass is 344 g/mol. The zero-order valence-corrected chi connectivity index (χ0v) is 15.6. The molecule has 2 aliphatic rings. The highest BCUT2D eigenvalue weighted by atomic mass is 16.5. The lowest BCUT2D eigenvalue weighted by Crippen LogP contribution is -2.49. The zero-order chi connectivity index (χ0) is 17.5. The molecule has 0 unspecified atom stereocenters. The number of ether oxygens (including phenoxy) is 1. The van der Waals surface area contributed by atoms with Crippen molar-refractivity contribution in [3.63, 3.8) is 0 Å². The van der Waals surface area contributed by atoms with Gasteiger partial charge < -0.3 is 9.64 Å². The smallest absolute Gasteiger partial charge is 0.222 e. The number of hydrogen-bond acceptors (Lipinski definition) is 3. The Morgan fingerprint density at radius 1 is 1.08 bits per heavy atom. The fourth-order valence-corrected chi connectivity index (χ4v) is 4.22. The number of piperazine rings is 1. The molecule has 1 heterocycles. The molecule has 1 saturated carbocycles. The van der Waals surface area contributed by atoms with Gasteiger partial charge >= 0.3 is 0 Å². The van der Waals surface area contributed by atoms with Gasteiger partial charge in [0.15, 0.2) is 0 Å². The number of carbonyl (C=O) groups excluding carboxylic acids is 1. The number of carbonyl (C=O) groups is 1. The minimum Gasteiger partial charge on any atom is -0.496 e. The van der Waals surface area contributed by atoms with Crippen LogP contribution in [0.5, 0.6) is 5.75 Å². The number of benzene rings is 1. The Balaban J connectivity index is 1.40. The third-order valence-corrected chi connectivity index (χ3v) is 5.77. The topological polar surface area (TPSA) is 32.8 Å². The van der Waals surface area contributed by atoms with Crippen LogP contribution in [0.1, 0.15) is 44.1 Å². The lowest BCUT2D eigenvalue weighted by molar-refractivity contribution is -0.133. The molecule has 4 nitrogen and oxygen atoms in total. The Kier molecular flexibility index (Phi) is 6.74. The quantitative estimate of drug-likeness (QED) is 0.793. The summed E-state index contributed by atoms with van der Waals surface area (Å²) in [5.41, 5.74) is 1.12. The van der Waals surface area contributed by atoms with E-state index in [1.807, 2.05) is 29.2 Å². The van der Waals surface area contributed by atoms with E-state index in [2.05, 4.69) is 4.90 Å². The van der Waals surface area contributed by atoms with Gasteiger partial charge in [-0.2, -0.15) is 0 Å². The van der Waals surface area contributed by atoms with Gasteiger partial charge in [-0.05, 0) is 36.8 Å². The van der Waals surface area contributed by atoms with Crippen molar-refractivity contribution in [2.45, 2.75) is 44.9 Å². The van der Waals surface area contributed by atoms with Crippen LogP contribution in [0.3, 0.4) is 0 Å². The maximum atomic E-state index is 12.5. The highest BCUT2D eigenvalue weighted by Gasteiger charge is 2.23. The molecule has 0 N–H and O–H groups in total. The van der Waals surface area contributed by atoms with E-state index in [0.717, 1.165) is 49.8 Å². The average molecular weight is 344 g/mol. The second-order valence-corrected chi connectivity index (χ2v) is 7.50. The number of aryl methyl sites for hydroxylation is 1. The number of methoxy groups -OCH3 is 1. The second-order valence-electron chi connectivity index (χ2n) is 7.50. The molecule has 2 fully saturated rings. The van der Waals surface area contributed by atoms with E-state index in [4.69, 9.17) is 4.74 Å². The fraction of sp³-hybridized carbons (Fsp3) is 0.667. The van der Waals surface area contributed by atoms with Gasteiger partial charge in [-0.25, -0.2) is 0 Å². The number of nitrogens with zero attached hydrogens (tertiary/aromatic N) is 2. The summed E-state index contributed by atoms with van der Waals surface area (Å²) in [4.78, 5) is 17.2. The average Bonchev–Trinajstić information content (AvgIpc) is 2.67. The summed E-state index contributed by atoms with van der Waals surface area (Å²) >= 11 is 0. The van der Waals surface area contributed by atoms with E-state index in [-0.39, 0.29) is 5.91 Å². The summed E-state index contributed by atoms with van der Waals surface area (Å²) in [6, 6.07) is 7.99. The van der Waals surface area contributed by atoms with Crippen LogP contribution < -0.4 is 4.74 Å². The maximum Gasteiger partial charge on any atom is 0.222 e. The van der Waals surface area contributed by atoms with Crippen molar-refractivity contribution in [2.75, 3.05) is 39.8 Å². The molecule has 25 heavy (non-hydrogen) atoms. The summed E-state index contributed by atoms with van der Waals surface area (Å²) in [5.74, 6) is 2.05. The Hall–Kier alpha value is -1.55. The van der Waals surface area contributed by atoms with Gasteiger partial charge in [0.1, 0.15) is 5.75 Å². The molecule has 1 aromatic rings. The minimum atomic E-state index is 0.281. The first-order valence-corrected chi connectivity index (χ1v) is 9.88. The van der Waals surface area contributed by atoms with Crippen molar-refractivity contribution in [3.8, 4) is 5.75 Å². The summed E-state index contributed by atoms with van der Waals surface area (Å²) in [6.45, 7) is 5.09. The Morgan fingerprint density at radius 2 is 1.80 bits per heavy atom. The summed E-state index contributed by atoms with van der Waals surface area (Å²) in [5, 5.41) is 0. The van der Waals surface area contributed by atoms with Gasteiger partial charge in [0, 0.05) is 39.1 Å². The highest BCUT2D eigenvalue weighted by molar-refractivity contribution is 5.76. The van der Waals surface area contributed by atoms with Gasteiger partial charge in [-0.1, -0.05) is 37.5 Å².